The number of ether oxygens (including phenoxy) is 1. The van der Waals surface area contributed by atoms with Crippen molar-refractivity contribution in [3.63, 3.8) is 0 Å². The molecule has 0 radical (unpaired) electrons. The van der Waals surface area contributed by atoms with Gasteiger partial charge in [0.05, 0.1) is 17.2 Å². The van der Waals surface area contributed by atoms with E-state index in [2.05, 4.69) is 20.0 Å². The minimum Gasteiger partial charge on any atom is -0.406 e. The standard InChI is InChI=1S/C15H17F3N4OS.HI/c1-10-22-12(9-24-10)6-7-20-14(19)21-8-11-2-4-13(5-3-11)23-15(16,17)18;/h2-5,9H,6-8H2,1H3,(H3,19,20,21);1H. The van der Waals surface area contributed by atoms with Gasteiger partial charge in [-0.15, -0.1) is 48.5 Å². The Hall–Kier alpha value is -1.56. The van der Waals surface area contributed by atoms with Crippen LogP contribution >= 0.6 is 35.3 Å². The fraction of sp³-hybridized carbons (Fsp3) is 0.333. The number of aliphatic imine (C=N–C) groups is 1. The first kappa shape index (κ1) is 21.5. The zero-order valence-corrected chi connectivity index (χ0v) is 16.5. The average Bonchev–Trinajstić information content (AvgIpc) is 2.90. The van der Waals surface area contributed by atoms with Gasteiger partial charge in [0.25, 0.3) is 0 Å². The van der Waals surface area contributed by atoms with E-state index in [1.165, 1.54) is 24.3 Å². The summed E-state index contributed by atoms with van der Waals surface area (Å²) in [5, 5.41) is 5.99. The lowest BCUT2D eigenvalue weighted by molar-refractivity contribution is -0.274. The molecule has 1 heterocycles. The number of aryl methyl sites for hydroxylation is 1. The molecule has 0 aliphatic rings. The summed E-state index contributed by atoms with van der Waals surface area (Å²) in [6.07, 6.45) is -3.95. The molecule has 0 saturated heterocycles. The Morgan fingerprint density at radius 1 is 1.32 bits per heavy atom. The molecule has 2 rings (SSSR count). The number of alkyl halides is 3. The molecule has 25 heavy (non-hydrogen) atoms. The zero-order valence-electron chi connectivity index (χ0n) is 13.3. The van der Waals surface area contributed by atoms with Gasteiger partial charge in [-0.3, -0.25) is 0 Å². The van der Waals surface area contributed by atoms with Crippen molar-refractivity contribution in [2.45, 2.75) is 26.3 Å². The molecule has 0 saturated carbocycles. The molecule has 10 heteroatoms. The third-order valence-electron chi connectivity index (χ3n) is 2.94. The van der Waals surface area contributed by atoms with Gasteiger partial charge in [-0.25, -0.2) is 9.98 Å². The summed E-state index contributed by atoms with van der Waals surface area (Å²) < 4.78 is 40.0. The van der Waals surface area contributed by atoms with Crippen molar-refractivity contribution in [3.8, 4) is 5.75 Å². The van der Waals surface area contributed by atoms with Crippen LogP contribution in [-0.4, -0.2) is 23.9 Å². The average molecular weight is 486 g/mol. The van der Waals surface area contributed by atoms with Crippen LogP contribution in [-0.2, 0) is 13.0 Å². The number of aromatic nitrogens is 1. The molecule has 138 valence electrons. The molecule has 1 aromatic carbocycles. The fourth-order valence-electron chi connectivity index (χ4n) is 1.87. The van der Waals surface area contributed by atoms with Crippen LogP contribution in [0.4, 0.5) is 13.2 Å². The molecule has 3 N–H and O–H groups in total. The summed E-state index contributed by atoms with van der Waals surface area (Å²) >= 11 is 1.59. The lowest BCUT2D eigenvalue weighted by atomic mass is 10.2. The van der Waals surface area contributed by atoms with Crippen molar-refractivity contribution < 1.29 is 17.9 Å². The maximum Gasteiger partial charge on any atom is 0.573 e. The lowest BCUT2D eigenvalue weighted by Gasteiger charge is -2.09. The maximum absolute atomic E-state index is 12.1. The second-order valence-electron chi connectivity index (χ2n) is 4.93. The number of thiazole rings is 1. The number of nitrogens with one attached hydrogen (secondary N) is 1. The van der Waals surface area contributed by atoms with Crippen LogP contribution in [0.1, 0.15) is 16.3 Å². The predicted molar refractivity (Wildman–Crippen MR) is 102 cm³/mol. The van der Waals surface area contributed by atoms with Gasteiger partial charge >= 0.3 is 6.36 Å². The van der Waals surface area contributed by atoms with E-state index in [0.717, 1.165) is 22.7 Å². The maximum atomic E-state index is 12.1. The highest BCUT2D eigenvalue weighted by Gasteiger charge is 2.30. The van der Waals surface area contributed by atoms with Crippen LogP contribution in [0.25, 0.3) is 0 Å². The van der Waals surface area contributed by atoms with Crippen LogP contribution < -0.4 is 15.8 Å². The summed E-state index contributed by atoms with van der Waals surface area (Å²) in [5.41, 5.74) is 7.48. The monoisotopic (exact) mass is 486 g/mol. The topological polar surface area (TPSA) is 72.5 Å². The number of hydrogen-bond donors (Lipinski definition) is 2. The molecule has 0 spiro atoms. The van der Waals surface area contributed by atoms with E-state index < -0.39 is 6.36 Å². The van der Waals surface area contributed by atoms with Gasteiger partial charge in [0, 0.05) is 18.3 Å². The van der Waals surface area contributed by atoms with Crippen molar-refractivity contribution in [2.24, 2.45) is 10.7 Å². The second-order valence-corrected chi connectivity index (χ2v) is 5.99. The Morgan fingerprint density at radius 2 is 2.00 bits per heavy atom. The molecule has 0 fully saturated rings. The van der Waals surface area contributed by atoms with Crippen LogP contribution in [0.5, 0.6) is 5.75 Å². The van der Waals surface area contributed by atoms with Gasteiger partial charge in [0.1, 0.15) is 5.75 Å². The summed E-state index contributed by atoms with van der Waals surface area (Å²) in [7, 11) is 0. The summed E-state index contributed by atoms with van der Waals surface area (Å²) in [4.78, 5) is 8.48. The minimum atomic E-state index is -4.69. The first-order chi connectivity index (χ1) is 11.3. The number of hydrogen-bond acceptors (Lipinski definition) is 4. The molecule has 5 nitrogen and oxygen atoms in total. The van der Waals surface area contributed by atoms with E-state index in [9.17, 15) is 13.2 Å². The Balaban J connectivity index is 0.00000312. The van der Waals surface area contributed by atoms with Gasteiger partial charge in [-0.2, -0.15) is 0 Å². The highest BCUT2D eigenvalue weighted by molar-refractivity contribution is 14.0. The van der Waals surface area contributed by atoms with Gasteiger partial charge in [-0.1, -0.05) is 12.1 Å². The highest BCUT2D eigenvalue weighted by atomic mass is 127. The number of nitrogens with two attached hydrogens (primary N) is 1. The Kier molecular flexibility index (Phi) is 8.42. The van der Waals surface area contributed by atoms with E-state index in [4.69, 9.17) is 5.73 Å². The van der Waals surface area contributed by atoms with Gasteiger partial charge in [0.15, 0.2) is 5.96 Å². The second kappa shape index (κ2) is 9.80. The molecule has 0 atom stereocenters. The predicted octanol–water partition coefficient (Wildman–Crippen LogP) is 3.62. The number of rotatable bonds is 6. The van der Waals surface area contributed by atoms with Crippen molar-refractivity contribution in [1.82, 2.24) is 10.3 Å². The quantitative estimate of drug-likeness (QED) is 0.372. The molecule has 0 aliphatic heterocycles. The smallest absolute Gasteiger partial charge is 0.406 e. The Morgan fingerprint density at radius 3 is 2.56 bits per heavy atom. The van der Waals surface area contributed by atoms with E-state index in [1.54, 1.807) is 11.3 Å². The van der Waals surface area contributed by atoms with E-state index >= 15 is 0 Å². The van der Waals surface area contributed by atoms with Gasteiger partial charge < -0.3 is 15.8 Å². The Labute approximate surface area is 164 Å². The lowest BCUT2D eigenvalue weighted by Crippen LogP contribution is -2.33. The van der Waals surface area contributed by atoms with E-state index in [-0.39, 0.29) is 42.2 Å². The van der Waals surface area contributed by atoms with Crippen LogP contribution in [0.2, 0.25) is 0 Å². The third-order valence-corrected chi connectivity index (χ3v) is 3.77. The molecule has 2 aromatic rings. The summed E-state index contributed by atoms with van der Waals surface area (Å²) in [5.74, 6) is 0.0115. The number of nitrogens with zero attached hydrogens (tertiary/aromatic N) is 2. The largest absolute Gasteiger partial charge is 0.573 e. The first-order valence-corrected chi connectivity index (χ1v) is 7.99. The molecular weight excluding hydrogens is 468 g/mol. The SMILES string of the molecule is Cc1nc(CCNC(N)=NCc2ccc(OC(F)(F)F)cc2)cs1.I. The minimum absolute atomic E-state index is 0. The summed E-state index contributed by atoms with van der Waals surface area (Å²) in [6.45, 7) is 2.82. The fourth-order valence-corrected chi connectivity index (χ4v) is 2.52. The molecule has 0 unspecified atom stereocenters. The van der Waals surface area contributed by atoms with Crippen LogP contribution in [0.15, 0.2) is 34.6 Å². The molecular formula is C15H18F3IN4OS. The number of guanidine groups is 1. The summed E-state index contributed by atoms with van der Waals surface area (Å²) in [6, 6.07) is 5.50. The van der Waals surface area contributed by atoms with E-state index in [1.807, 2.05) is 12.3 Å². The highest BCUT2D eigenvalue weighted by Crippen LogP contribution is 2.22. The van der Waals surface area contributed by atoms with Gasteiger partial charge in [0.2, 0.25) is 0 Å². The molecule has 1 aromatic heterocycles. The Bertz CT molecular complexity index is 689. The zero-order chi connectivity index (χ0) is 17.6. The van der Waals surface area contributed by atoms with Crippen molar-refractivity contribution in [3.05, 3.63) is 45.9 Å². The molecule has 0 bridgehead atoms. The first-order valence-electron chi connectivity index (χ1n) is 7.11. The van der Waals surface area contributed by atoms with Gasteiger partial charge in [-0.05, 0) is 24.6 Å². The normalized spacial score (nSPS) is 11.8. The number of halogens is 4. The molecule has 0 aliphatic carbocycles. The third kappa shape index (κ3) is 8.38. The van der Waals surface area contributed by atoms with Crippen molar-refractivity contribution in [2.75, 3.05) is 6.54 Å². The van der Waals surface area contributed by atoms with E-state index in [0.29, 0.717) is 6.54 Å². The van der Waals surface area contributed by atoms with Crippen molar-refractivity contribution >= 4 is 41.3 Å². The number of benzene rings is 1. The van der Waals surface area contributed by atoms with Crippen molar-refractivity contribution in [1.29, 1.82) is 0 Å². The van der Waals surface area contributed by atoms with Crippen LogP contribution in [0, 0.1) is 6.92 Å². The molecule has 0 amide bonds. The van der Waals surface area contributed by atoms with Crippen LogP contribution in [0.3, 0.4) is 0 Å².